The van der Waals surface area contributed by atoms with E-state index in [1.807, 2.05) is 30.3 Å². The lowest BCUT2D eigenvalue weighted by Gasteiger charge is -2.02. The van der Waals surface area contributed by atoms with Gasteiger partial charge in [-0.15, -0.1) is 0 Å². The molecule has 0 saturated carbocycles. The van der Waals surface area contributed by atoms with E-state index in [9.17, 15) is 14.9 Å². The molecule has 0 saturated heterocycles. The Kier molecular flexibility index (Phi) is 3.83. The maximum Gasteiger partial charge on any atom is 0.277 e. The number of carbonyl (C=O) groups is 1. The number of carbonyl (C=O) groups excluding carboxylic acids is 1. The van der Waals surface area contributed by atoms with Gasteiger partial charge in [-0.05, 0) is 17.7 Å². The third kappa shape index (κ3) is 2.93. The van der Waals surface area contributed by atoms with Gasteiger partial charge in [-0.1, -0.05) is 42.5 Å². The Morgan fingerprint density at radius 3 is 2.26 bits per heavy atom. The zero-order chi connectivity index (χ0) is 13.7. The molecule has 2 rings (SSSR count). The summed E-state index contributed by atoms with van der Waals surface area (Å²) in [7, 11) is 0. The van der Waals surface area contributed by atoms with Crippen LogP contribution in [0, 0.1) is 10.1 Å². The Morgan fingerprint density at radius 2 is 1.63 bits per heavy atom. The van der Waals surface area contributed by atoms with Gasteiger partial charge in [0.25, 0.3) is 5.69 Å². The molecule has 19 heavy (non-hydrogen) atoms. The van der Waals surface area contributed by atoms with Crippen LogP contribution < -0.4 is 0 Å². The van der Waals surface area contributed by atoms with E-state index in [1.165, 1.54) is 6.07 Å². The molecule has 2 aromatic carbocycles. The van der Waals surface area contributed by atoms with E-state index >= 15 is 0 Å². The van der Waals surface area contributed by atoms with Crippen molar-refractivity contribution >= 4 is 23.6 Å². The molecule has 0 heterocycles. The van der Waals surface area contributed by atoms with Gasteiger partial charge in [0.15, 0.2) is 6.29 Å². The minimum absolute atomic E-state index is 0.0724. The zero-order valence-electron chi connectivity index (χ0n) is 10.0. The first-order valence-corrected chi connectivity index (χ1v) is 5.68. The fourth-order valence-electron chi connectivity index (χ4n) is 1.78. The van der Waals surface area contributed by atoms with Crippen LogP contribution in [0.1, 0.15) is 11.1 Å². The molecular weight excluding hydrogens is 242 g/mol. The number of hydrogen-bond donors (Lipinski definition) is 0. The maximum atomic E-state index is 11.2. The van der Waals surface area contributed by atoms with Gasteiger partial charge in [-0.25, -0.2) is 0 Å². The Bertz CT molecular complexity index is 633. The molecule has 0 aliphatic carbocycles. The van der Waals surface area contributed by atoms with Crippen molar-refractivity contribution in [3.63, 3.8) is 0 Å². The number of nitro groups is 1. The van der Waals surface area contributed by atoms with Gasteiger partial charge in [0, 0.05) is 11.6 Å². The van der Waals surface area contributed by atoms with Crippen LogP contribution in [-0.4, -0.2) is 11.2 Å². The number of nitrogens with zero attached hydrogens (tertiary/aromatic N) is 1. The third-order valence-electron chi connectivity index (χ3n) is 2.66. The van der Waals surface area contributed by atoms with Gasteiger partial charge in [0.1, 0.15) is 0 Å². The number of nitro benzene ring substituents is 1. The van der Waals surface area contributed by atoms with Crippen LogP contribution >= 0.6 is 0 Å². The van der Waals surface area contributed by atoms with Gasteiger partial charge >= 0.3 is 0 Å². The molecule has 0 aromatic heterocycles. The second kappa shape index (κ2) is 5.73. The van der Waals surface area contributed by atoms with E-state index < -0.39 is 4.92 Å². The quantitative estimate of drug-likeness (QED) is 0.276. The molecule has 0 aliphatic rings. The van der Waals surface area contributed by atoms with Crippen molar-refractivity contribution in [2.24, 2.45) is 0 Å². The number of aldehydes is 1. The average molecular weight is 253 g/mol. The number of hydrogen-bond acceptors (Lipinski definition) is 3. The molecule has 0 aliphatic heterocycles. The van der Waals surface area contributed by atoms with Crippen molar-refractivity contribution < 1.29 is 9.72 Å². The lowest BCUT2D eigenvalue weighted by molar-refractivity contribution is -0.385. The van der Waals surface area contributed by atoms with Crippen LogP contribution in [0.4, 0.5) is 5.69 Å². The zero-order valence-corrected chi connectivity index (χ0v) is 10.0. The van der Waals surface area contributed by atoms with Crippen LogP contribution in [-0.2, 0) is 4.79 Å². The van der Waals surface area contributed by atoms with Crippen molar-refractivity contribution in [2.75, 3.05) is 0 Å². The highest BCUT2D eigenvalue weighted by Gasteiger charge is 2.15. The van der Waals surface area contributed by atoms with Gasteiger partial charge in [0.05, 0.1) is 10.5 Å². The van der Waals surface area contributed by atoms with Crippen molar-refractivity contribution in [3.8, 4) is 0 Å². The molecule has 0 amide bonds. The largest absolute Gasteiger partial charge is 0.298 e. The molecule has 0 N–H and O–H groups in total. The number of benzene rings is 2. The maximum absolute atomic E-state index is 11.2. The highest BCUT2D eigenvalue weighted by molar-refractivity contribution is 6.14. The van der Waals surface area contributed by atoms with E-state index in [4.69, 9.17) is 0 Å². The summed E-state index contributed by atoms with van der Waals surface area (Å²) < 4.78 is 0. The summed E-state index contributed by atoms with van der Waals surface area (Å²) in [5, 5.41) is 11.0. The number of para-hydroxylation sites is 1. The van der Waals surface area contributed by atoms with Crippen molar-refractivity contribution in [2.45, 2.75) is 0 Å². The predicted molar refractivity (Wildman–Crippen MR) is 73.5 cm³/mol. The van der Waals surface area contributed by atoms with Crippen molar-refractivity contribution in [3.05, 3.63) is 75.8 Å². The number of rotatable bonds is 4. The minimum atomic E-state index is -0.488. The standard InChI is InChI=1S/C15H11NO3/c17-11-13(10-12-6-2-1-3-7-12)14-8-4-5-9-15(14)16(18)19/h1-11H/b13-10-. The third-order valence-corrected chi connectivity index (χ3v) is 2.66. The highest BCUT2D eigenvalue weighted by atomic mass is 16.6. The fraction of sp³-hybridized carbons (Fsp3) is 0. The Hall–Kier alpha value is -2.75. The predicted octanol–water partition coefficient (Wildman–Crippen LogP) is 3.33. The summed E-state index contributed by atoms with van der Waals surface area (Å²) in [5.41, 5.74) is 1.37. The molecule has 0 spiro atoms. The van der Waals surface area contributed by atoms with Crippen LogP contribution in [0.2, 0.25) is 0 Å². The van der Waals surface area contributed by atoms with Gasteiger partial charge in [-0.2, -0.15) is 0 Å². The molecule has 4 heteroatoms. The van der Waals surface area contributed by atoms with Gasteiger partial charge in [-0.3, -0.25) is 14.9 Å². The van der Waals surface area contributed by atoms with E-state index in [0.717, 1.165) is 5.56 Å². The normalized spacial score (nSPS) is 11.1. The lowest BCUT2D eigenvalue weighted by Crippen LogP contribution is -1.95. The Morgan fingerprint density at radius 1 is 1.00 bits per heavy atom. The van der Waals surface area contributed by atoms with Gasteiger partial charge in [0.2, 0.25) is 0 Å². The molecule has 2 aromatic rings. The van der Waals surface area contributed by atoms with E-state index in [0.29, 0.717) is 17.4 Å². The molecular formula is C15H11NO3. The summed E-state index contributed by atoms with van der Waals surface area (Å²) in [6.07, 6.45) is 2.27. The summed E-state index contributed by atoms with van der Waals surface area (Å²) in [5.74, 6) is 0. The SMILES string of the molecule is O=C/C(=C/c1ccccc1)c1ccccc1[N+](=O)[O-]. The molecule has 0 unspecified atom stereocenters. The Labute approximate surface area is 110 Å². The Balaban J connectivity index is 2.52. The van der Waals surface area contributed by atoms with Crippen LogP contribution in [0.3, 0.4) is 0 Å². The summed E-state index contributed by atoms with van der Waals surface area (Å²) >= 11 is 0. The molecule has 4 nitrogen and oxygen atoms in total. The smallest absolute Gasteiger partial charge is 0.277 e. The van der Waals surface area contributed by atoms with E-state index in [1.54, 1.807) is 24.3 Å². The minimum Gasteiger partial charge on any atom is -0.298 e. The first kappa shape index (κ1) is 12.7. The summed E-state index contributed by atoms with van der Waals surface area (Å²) in [6.45, 7) is 0. The van der Waals surface area contributed by atoms with Crippen molar-refractivity contribution in [1.82, 2.24) is 0 Å². The molecule has 0 bridgehead atoms. The second-order valence-electron chi connectivity index (χ2n) is 3.90. The monoisotopic (exact) mass is 253 g/mol. The molecule has 0 atom stereocenters. The highest BCUT2D eigenvalue weighted by Crippen LogP contribution is 2.25. The lowest BCUT2D eigenvalue weighted by atomic mass is 10.0. The number of allylic oxidation sites excluding steroid dienone is 1. The second-order valence-corrected chi connectivity index (χ2v) is 3.90. The topological polar surface area (TPSA) is 60.2 Å². The first-order valence-electron chi connectivity index (χ1n) is 5.68. The van der Waals surface area contributed by atoms with Crippen LogP contribution in [0.15, 0.2) is 54.6 Å². The first-order chi connectivity index (χ1) is 9.22. The molecule has 0 fully saturated rings. The summed E-state index contributed by atoms with van der Waals surface area (Å²) in [4.78, 5) is 21.7. The molecule has 0 radical (unpaired) electrons. The fourth-order valence-corrected chi connectivity index (χ4v) is 1.78. The van der Waals surface area contributed by atoms with Crippen LogP contribution in [0.25, 0.3) is 11.6 Å². The van der Waals surface area contributed by atoms with E-state index in [2.05, 4.69) is 0 Å². The van der Waals surface area contributed by atoms with Crippen molar-refractivity contribution in [1.29, 1.82) is 0 Å². The average Bonchev–Trinajstić information content (AvgIpc) is 2.46. The summed E-state index contributed by atoms with van der Waals surface area (Å²) in [6, 6.07) is 15.4. The van der Waals surface area contributed by atoms with Gasteiger partial charge < -0.3 is 0 Å². The molecule has 94 valence electrons. The van der Waals surface area contributed by atoms with Crippen LogP contribution in [0.5, 0.6) is 0 Å². The van der Waals surface area contributed by atoms with E-state index in [-0.39, 0.29) is 5.69 Å².